The van der Waals surface area contributed by atoms with E-state index in [2.05, 4.69) is 24.3 Å². The van der Waals surface area contributed by atoms with E-state index in [1.165, 1.54) is 50.5 Å². The SMILES string of the molecule is N#CC[C@@]12CCC[C@H]1[C@@H]1C=CC3=CCCC[C@]3(CO)[C@H]1CC2. The van der Waals surface area contributed by atoms with Crippen molar-refractivity contribution in [2.75, 3.05) is 6.61 Å². The Morgan fingerprint density at radius 3 is 2.91 bits per heavy atom. The molecule has 0 unspecified atom stereocenters. The van der Waals surface area contributed by atoms with Crippen LogP contribution < -0.4 is 0 Å². The van der Waals surface area contributed by atoms with E-state index in [-0.39, 0.29) is 10.8 Å². The van der Waals surface area contributed by atoms with E-state index in [0.717, 1.165) is 12.8 Å². The van der Waals surface area contributed by atoms with Gasteiger partial charge in [0, 0.05) is 11.8 Å². The number of rotatable bonds is 2. The number of hydrogen-bond donors (Lipinski definition) is 1. The average Bonchev–Trinajstić information content (AvgIpc) is 2.98. The first-order valence-electron chi connectivity index (χ1n) is 9.12. The molecule has 0 spiro atoms. The molecule has 118 valence electrons. The summed E-state index contributed by atoms with van der Waals surface area (Å²) in [5.41, 5.74) is 1.72. The fraction of sp³-hybridized carbons (Fsp3) is 0.750. The molecule has 22 heavy (non-hydrogen) atoms. The minimum atomic E-state index is 0.0268. The van der Waals surface area contributed by atoms with Crippen molar-refractivity contribution in [2.24, 2.45) is 28.6 Å². The summed E-state index contributed by atoms with van der Waals surface area (Å²) >= 11 is 0. The predicted octanol–water partition coefficient (Wildman–Crippen LogP) is 4.37. The number of fused-ring (bicyclic) bond motifs is 5. The molecule has 0 heterocycles. The van der Waals surface area contributed by atoms with Gasteiger partial charge in [0.05, 0.1) is 12.7 Å². The van der Waals surface area contributed by atoms with E-state index >= 15 is 0 Å². The highest BCUT2D eigenvalue weighted by Gasteiger charge is 2.57. The molecule has 2 saturated carbocycles. The maximum Gasteiger partial charge on any atom is 0.0627 e. The molecule has 4 rings (SSSR count). The van der Waals surface area contributed by atoms with Gasteiger partial charge in [-0.05, 0) is 73.7 Å². The molecule has 0 aliphatic heterocycles. The van der Waals surface area contributed by atoms with Gasteiger partial charge in [0.15, 0.2) is 0 Å². The van der Waals surface area contributed by atoms with Crippen LogP contribution in [0.4, 0.5) is 0 Å². The normalized spacial score (nSPS) is 46.2. The lowest BCUT2D eigenvalue weighted by atomic mass is 9.48. The van der Waals surface area contributed by atoms with Gasteiger partial charge in [0.25, 0.3) is 0 Å². The van der Waals surface area contributed by atoms with Gasteiger partial charge in [-0.25, -0.2) is 0 Å². The summed E-state index contributed by atoms with van der Waals surface area (Å²) in [6, 6.07) is 2.49. The average molecular weight is 297 g/mol. The summed E-state index contributed by atoms with van der Waals surface area (Å²) in [5, 5.41) is 19.6. The van der Waals surface area contributed by atoms with Crippen molar-refractivity contribution in [3.05, 3.63) is 23.8 Å². The van der Waals surface area contributed by atoms with Crippen molar-refractivity contribution in [3.63, 3.8) is 0 Å². The Bertz CT molecular complexity index is 557. The molecule has 0 amide bonds. The highest BCUT2D eigenvalue weighted by atomic mass is 16.3. The van der Waals surface area contributed by atoms with Crippen LogP contribution in [-0.4, -0.2) is 11.7 Å². The molecular weight excluding hydrogens is 270 g/mol. The van der Waals surface area contributed by atoms with Gasteiger partial charge in [-0.15, -0.1) is 0 Å². The van der Waals surface area contributed by atoms with Gasteiger partial charge in [0.1, 0.15) is 0 Å². The summed E-state index contributed by atoms with van der Waals surface area (Å²) in [4.78, 5) is 0. The molecule has 0 bridgehead atoms. The molecule has 0 aromatic carbocycles. The number of nitrogens with zero attached hydrogens (tertiary/aromatic N) is 1. The molecule has 0 aromatic rings. The quantitative estimate of drug-likeness (QED) is 0.822. The Morgan fingerprint density at radius 2 is 2.09 bits per heavy atom. The third-order valence-corrected chi connectivity index (χ3v) is 7.55. The van der Waals surface area contributed by atoms with Crippen LogP contribution in [-0.2, 0) is 0 Å². The minimum absolute atomic E-state index is 0.0268. The second kappa shape index (κ2) is 5.24. The molecule has 2 heteroatoms. The molecule has 4 aliphatic carbocycles. The van der Waals surface area contributed by atoms with Crippen LogP contribution in [0.2, 0.25) is 0 Å². The van der Waals surface area contributed by atoms with Gasteiger partial charge in [-0.1, -0.05) is 24.6 Å². The van der Waals surface area contributed by atoms with E-state index in [0.29, 0.717) is 24.4 Å². The lowest BCUT2D eigenvalue weighted by molar-refractivity contribution is -0.0327. The van der Waals surface area contributed by atoms with Gasteiger partial charge >= 0.3 is 0 Å². The van der Waals surface area contributed by atoms with E-state index < -0.39 is 0 Å². The summed E-state index contributed by atoms with van der Waals surface area (Å²) in [7, 11) is 0. The zero-order valence-electron chi connectivity index (χ0n) is 13.4. The van der Waals surface area contributed by atoms with Crippen LogP contribution in [0.15, 0.2) is 23.8 Å². The van der Waals surface area contributed by atoms with Crippen molar-refractivity contribution >= 4 is 0 Å². The van der Waals surface area contributed by atoms with Crippen molar-refractivity contribution in [3.8, 4) is 6.07 Å². The zero-order chi connectivity index (χ0) is 15.2. The summed E-state index contributed by atoms with van der Waals surface area (Å²) in [6.45, 7) is 0.308. The van der Waals surface area contributed by atoms with Gasteiger partial charge < -0.3 is 5.11 Å². The standard InChI is InChI=1S/C20H27NO/c21-13-12-19-9-3-5-17(19)16-7-6-15-4-1-2-10-20(15,14-22)18(16)8-11-19/h4,6-7,16-18,22H,1-3,5,8-12,14H2/t16-,17-,18-,19-,20+/m0/s1. The van der Waals surface area contributed by atoms with E-state index in [9.17, 15) is 10.4 Å². The first kappa shape index (κ1) is 14.5. The molecule has 2 fully saturated rings. The van der Waals surface area contributed by atoms with Crippen molar-refractivity contribution in [1.29, 1.82) is 5.26 Å². The third kappa shape index (κ3) is 1.81. The maximum absolute atomic E-state index is 10.3. The number of allylic oxidation sites excluding steroid dienone is 3. The number of hydrogen-bond acceptors (Lipinski definition) is 2. The maximum atomic E-state index is 10.3. The topological polar surface area (TPSA) is 44.0 Å². The highest BCUT2D eigenvalue weighted by Crippen LogP contribution is 2.64. The molecule has 0 saturated heterocycles. The second-order valence-electron chi connectivity index (χ2n) is 8.14. The van der Waals surface area contributed by atoms with Crippen LogP contribution >= 0.6 is 0 Å². The van der Waals surface area contributed by atoms with E-state index in [4.69, 9.17) is 0 Å². The van der Waals surface area contributed by atoms with Gasteiger partial charge in [0.2, 0.25) is 0 Å². The van der Waals surface area contributed by atoms with Crippen LogP contribution in [0, 0.1) is 39.9 Å². The molecule has 4 aliphatic rings. The monoisotopic (exact) mass is 297 g/mol. The first-order chi connectivity index (χ1) is 10.8. The van der Waals surface area contributed by atoms with E-state index in [1.54, 1.807) is 0 Å². The van der Waals surface area contributed by atoms with Crippen LogP contribution in [0.25, 0.3) is 0 Å². The number of aliphatic hydroxyl groups is 1. The molecule has 2 nitrogen and oxygen atoms in total. The van der Waals surface area contributed by atoms with Crippen molar-refractivity contribution in [2.45, 2.75) is 57.8 Å². The Kier molecular flexibility index (Phi) is 3.46. The number of nitriles is 1. The molecule has 5 atom stereocenters. The summed E-state index contributed by atoms with van der Waals surface area (Å²) in [6.07, 6.45) is 17.7. The van der Waals surface area contributed by atoms with Crippen molar-refractivity contribution < 1.29 is 5.11 Å². The lowest BCUT2D eigenvalue weighted by Crippen LogP contribution is -2.50. The molecule has 0 aromatic heterocycles. The third-order valence-electron chi connectivity index (χ3n) is 7.55. The van der Waals surface area contributed by atoms with Crippen LogP contribution in [0.3, 0.4) is 0 Å². The fourth-order valence-electron chi connectivity index (χ4n) is 6.53. The van der Waals surface area contributed by atoms with Crippen LogP contribution in [0.1, 0.15) is 57.8 Å². The second-order valence-corrected chi connectivity index (χ2v) is 8.14. The highest BCUT2D eigenvalue weighted by molar-refractivity contribution is 5.36. The van der Waals surface area contributed by atoms with Gasteiger partial charge in [-0.2, -0.15) is 5.26 Å². The first-order valence-corrected chi connectivity index (χ1v) is 9.12. The summed E-state index contributed by atoms with van der Waals surface area (Å²) < 4.78 is 0. The Hall–Kier alpha value is -1.07. The smallest absolute Gasteiger partial charge is 0.0627 e. The Balaban J connectivity index is 1.74. The van der Waals surface area contributed by atoms with Crippen molar-refractivity contribution in [1.82, 2.24) is 0 Å². The summed E-state index contributed by atoms with van der Waals surface area (Å²) in [5.74, 6) is 1.87. The van der Waals surface area contributed by atoms with E-state index in [1.807, 2.05) is 0 Å². The zero-order valence-corrected chi connectivity index (χ0v) is 13.4. The molecular formula is C20H27NO. The Morgan fingerprint density at radius 1 is 1.18 bits per heavy atom. The Labute approximate surface area is 133 Å². The van der Waals surface area contributed by atoms with Crippen LogP contribution in [0.5, 0.6) is 0 Å². The molecule has 1 N–H and O–H groups in total. The number of aliphatic hydroxyl groups excluding tert-OH is 1. The largest absolute Gasteiger partial charge is 0.395 e. The lowest BCUT2D eigenvalue weighted by Gasteiger charge is -2.56. The fourth-order valence-corrected chi connectivity index (χ4v) is 6.53. The molecule has 0 radical (unpaired) electrons. The predicted molar refractivity (Wildman–Crippen MR) is 86.8 cm³/mol. The minimum Gasteiger partial charge on any atom is -0.395 e. The van der Waals surface area contributed by atoms with Gasteiger partial charge in [-0.3, -0.25) is 0 Å².